The molecule has 1 aromatic carbocycles. The molecule has 0 N–H and O–H groups in total. The normalized spacial score (nSPS) is 20.8. The number of piperazine rings is 1. The number of hydrogen-bond donors (Lipinski definition) is 0. The molecule has 0 atom stereocenters. The van der Waals surface area contributed by atoms with Crippen molar-refractivity contribution >= 4 is 15.7 Å². The number of sulfone groups is 1. The topological polar surface area (TPSA) is 57.7 Å². The molecule has 5 nitrogen and oxygen atoms in total. The molecule has 162 valence electrons. The van der Waals surface area contributed by atoms with Crippen molar-refractivity contribution < 1.29 is 26.4 Å². The summed E-state index contributed by atoms with van der Waals surface area (Å²) in [5, 5.41) is 0. The Morgan fingerprint density at radius 2 is 1.72 bits per heavy atom. The maximum absolute atomic E-state index is 13.4. The van der Waals surface area contributed by atoms with Crippen LogP contribution < -0.4 is 0 Å². The fraction of sp³-hybridized carbons (Fsp3) is 0.650. The lowest BCUT2D eigenvalue weighted by atomic mass is 9.77. The predicted octanol–water partition coefficient (Wildman–Crippen LogP) is 2.71. The molecule has 2 aliphatic rings. The van der Waals surface area contributed by atoms with Crippen LogP contribution in [0.2, 0.25) is 0 Å². The van der Waals surface area contributed by atoms with Crippen molar-refractivity contribution in [1.29, 1.82) is 0 Å². The Balaban J connectivity index is 1.74. The number of carbonyl (C=O) groups excluding carboxylic acids is 1. The van der Waals surface area contributed by atoms with E-state index in [9.17, 15) is 26.4 Å². The van der Waals surface area contributed by atoms with E-state index in [2.05, 4.69) is 0 Å². The molecule has 9 heteroatoms. The molecule has 3 rings (SSSR count). The van der Waals surface area contributed by atoms with Gasteiger partial charge >= 0.3 is 6.18 Å². The molecule has 0 unspecified atom stereocenters. The quantitative estimate of drug-likeness (QED) is 0.718. The third kappa shape index (κ3) is 5.12. The standard InChI is InChI=1S/C20H27F3N2O3S/c1-29(27,28)14-13-24-9-11-25(12-10-24)18(26)19(7-2-3-8-19)16-5-4-6-17(15-16)20(21,22)23/h4-6,15H,2-3,7-14H2,1H3. The minimum absolute atomic E-state index is 0.0785. The maximum Gasteiger partial charge on any atom is 0.416 e. The highest BCUT2D eigenvalue weighted by atomic mass is 32.2. The van der Waals surface area contributed by atoms with Gasteiger partial charge in [-0.2, -0.15) is 13.2 Å². The summed E-state index contributed by atoms with van der Waals surface area (Å²) in [6, 6.07) is 5.19. The van der Waals surface area contributed by atoms with Crippen LogP contribution in [-0.2, 0) is 26.2 Å². The SMILES string of the molecule is CS(=O)(=O)CCN1CCN(C(=O)C2(c3cccc(C(F)(F)F)c3)CCCC2)CC1. The fourth-order valence-corrected chi connectivity index (χ4v) is 4.96. The van der Waals surface area contributed by atoms with Gasteiger partial charge in [0, 0.05) is 39.0 Å². The summed E-state index contributed by atoms with van der Waals surface area (Å²) in [6.45, 7) is 2.49. The lowest BCUT2D eigenvalue weighted by molar-refractivity contribution is -0.140. The van der Waals surface area contributed by atoms with E-state index in [1.165, 1.54) is 12.3 Å². The number of carbonyl (C=O) groups is 1. The Hall–Kier alpha value is -1.61. The highest BCUT2D eigenvalue weighted by Crippen LogP contribution is 2.44. The third-order valence-electron chi connectivity index (χ3n) is 6.05. The van der Waals surface area contributed by atoms with Crippen LogP contribution >= 0.6 is 0 Å². The Morgan fingerprint density at radius 1 is 1.10 bits per heavy atom. The molecule has 1 aromatic rings. The molecule has 1 saturated heterocycles. The Labute approximate surface area is 169 Å². The first-order valence-corrected chi connectivity index (χ1v) is 11.9. The van der Waals surface area contributed by atoms with Crippen LogP contribution in [-0.4, -0.2) is 68.9 Å². The number of benzene rings is 1. The average molecular weight is 433 g/mol. The molecule has 1 aliphatic carbocycles. The number of nitrogens with zero attached hydrogens (tertiary/aromatic N) is 2. The molecule has 29 heavy (non-hydrogen) atoms. The zero-order valence-corrected chi connectivity index (χ0v) is 17.4. The fourth-order valence-electron chi connectivity index (χ4n) is 4.37. The number of halogens is 3. The van der Waals surface area contributed by atoms with E-state index >= 15 is 0 Å². The second-order valence-corrected chi connectivity index (χ2v) is 10.4. The molecule has 0 spiro atoms. The van der Waals surface area contributed by atoms with Gasteiger partial charge in [0.15, 0.2) is 0 Å². The molecule has 2 fully saturated rings. The van der Waals surface area contributed by atoms with E-state index in [0.29, 0.717) is 51.1 Å². The van der Waals surface area contributed by atoms with Gasteiger partial charge in [-0.15, -0.1) is 0 Å². The Kier molecular flexibility index (Phi) is 6.29. The maximum atomic E-state index is 13.4. The van der Waals surface area contributed by atoms with E-state index < -0.39 is 27.0 Å². The zero-order chi connectivity index (χ0) is 21.3. The molecule has 0 radical (unpaired) electrons. The summed E-state index contributed by atoms with van der Waals surface area (Å²) in [4.78, 5) is 17.2. The second kappa shape index (κ2) is 8.26. The number of rotatable bonds is 5. The molecular formula is C20H27F3N2O3S. The highest BCUT2D eigenvalue weighted by molar-refractivity contribution is 7.90. The summed E-state index contributed by atoms with van der Waals surface area (Å²) >= 11 is 0. The van der Waals surface area contributed by atoms with Gasteiger partial charge in [-0.3, -0.25) is 9.69 Å². The predicted molar refractivity (Wildman–Crippen MR) is 104 cm³/mol. The van der Waals surface area contributed by atoms with Crippen LogP contribution in [0.15, 0.2) is 24.3 Å². The zero-order valence-electron chi connectivity index (χ0n) is 16.5. The summed E-state index contributed by atoms with van der Waals surface area (Å²) in [7, 11) is -3.04. The van der Waals surface area contributed by atoms with Gasteiger partial charge in [0.1, 0.15) is 9.84 Å². The molecule has 0 aromatic heterocycles. The molecule has 1 aliphatic heterocycles. The van der Waals surface area contributed by atoms with Gasteiger partial charge < -0.3 is 4.90 Å². The molecule has 1 amide bonds. The first-order valence-electron chi connectivity index (χ1n) is 9.88. The number of amides is 1. The smallest absolute Gasteiger partial charge is 0.339 e. The molecular weight excluding hydrogens is 405 g/mol. The minimum Gasteiger partial charge on any atom is -0.339 e. The van der Waals surface area contributed by atoms with Crippen LogP contribution in [0.5, 0.6) is 0 Å². The summed E-state index contributed by atoms with van der Waals surface area (Å²) in [5.41, 5.74) is -1.16. The van der Waals surface area contributed by atoms with Gasteiger partial charge in [0.2, 0.25) is 5.91 Å². The molecule has 0 bridgehead atoms. The molecule has 1 heterocycles. The average Bonchev–Trinajstić information content (AvgIpc) is 3.16. The van der Waals surface area contributed by atoms with E-state index in [1.54, 1.807) is 11.0 Å². The van der Waals surface area contributed by atoms with Crippen molar-refractivity contribution in [2.45, 2.75) is 37.3 Å². The van der Waals surface area contributed by atoms with Crippen molar-refractivity contribution in [3.05, 3.63) is 35.4 Å². The van der Waals surface area contributed by atoms with Crippen molar-refractivity contribution in [2.24, 2.45) is 0 Å². The lowest BCUT2D eigenvalue weighted by Gasteiger charge is -2.40. The van der Waals surface area contributed by atoms with Gasteiger partial charge in [0.05, 0.1) is 16.7 Å². The monoisotopic (exact) mass is 432 g/mol. The van der Waals surface area contributed by atoms with E-state index in [1.807, 2.05) is 4.90 Å². The van der Waals surface area contributed by atoms with Crippen LogP contribution in [0.4, 0.5) is 13.2 Å². The number of hydrogen-bond acceptors (Lipinski definition) is 4. The van der Waals surface area contributed by atoms with Crippen molar-refractivity contribution in [3.8, 4) is 0 Å². The highest BCUT2D eigenvalue weighted by Gasteiger charge is 2.46. The van der Waals surface area contributed by atoms with Gasteiger partial charge in [-0.25, -0.2) is 8.42 Å². The molecule has 1 saturated carbocycles. The number of alkyl halides is 3. The Morgan fingerprint density at radius 3 is 2.28 bits per heavy atom. The minimum atomic E-state index is -4.44. The second-order valence-electron chi connectivity index (χ2n) is 8.13. The van der Waals surface area contributed by atoms with Gasteiger partial charge in [0.25, 0.3) is 0 Å². The van der Waals surface area contributed by atoms with Gasteiger partial charge in [-0.1, -0.05) is 31.0 Å². The Bertz CT molecular complexity index is 841. The van der Waals surface area contributed by atoms with E-state index in [4.69, 9.17) is 0 Å². The lowest BCUT2D eigenvalue weighted by Crippen LogP contribution is -2.54. The first-order chi connectivity index (χ1) is 13.5. The first kappa shape index (κ1) is 22.1. The summed E-state index contributed by atoms with van der Waals surface area (Å²) in [5.74, 6) is -0.0214. The van der Waals surface area contributed by atoms with E-state index in [-0.39, 0.29) is 11.7 Å². The third-order valence-corrected chi connectivity index (χ3v) is 6.97. The van der Waals surface area contributed by atoms with Crippen molar-refractivity contribution in [1.82, 2.24) is 9.80 Å². The van der Waals surface area contributed by atoms with Crippen LogP contribution in [0.1, 0.15) is 36.8 Å². The van der Waals surface area contributed by atoms with Crippen molar-refractivity contribution in [2.75, 3.05) is 44.7 Å². The van der Waals surface area contributed by atoms with Gasteiger partial charge in [-0.05, 0) is 24.5 Å². The summed E-state index contributed by atoms with van der Waals surface area (Å²) in [6.07, 6.45) is -0.495. The van der Waals surface area contributed by atoms with E-state index in [0.717, 1.165) is 25.0 Å². The van der Waals surface area contributed by atoms with Crippen LogP contribution in [0, 0.1) is 0 Å². The largest absolute Gasteiger partial charge is 0.416 e. The summed E-state index contributed by atoms with van der Waals surface area (Å²) < 4.78 is 62.3. The van der Waals surface area contributed by atoms with Crippen molar-refractivity contribution in [3.63, 3.8) is 0 Å². The van der Waals surface area contributed by atoms with Crippen LogP contribution in [0.25, 0.3) is 0 Å². The van der Waals surface area contributed by atoms with Crippen LogP contribution in [0.3, 0.4) is 0 Å².